The molecule has 16 heavy (non-hydrogen) atoms. The van der Waals surface area contributed by atoms with Crippen LogP contribution in [0.5, 0.6) is 0 Å². The van der Waals surface area contributed by atoms with Gasteiger partial charge < -0.3 is 9.73 Å². The minimum atomic E-state index is 0.0306. The Labute approximate surface area is 93.3 Å². The first-order chi connectivity index (χ1) is 7.75. The van der Waals surface area contributed by atoms with Crippen molar-refractivity contribution in [2.75, 3.05) is 11.9 Å². The Morgan fingerprint density at radius 1 is 1.38 bits per heavy atom. The quantitative estimate of drug-likeness (QED) is 0.796. The SMILES string of the molecule is Cc1ccc(C(=O)CNc2cocn2)cc1. The van der Waals surface area contributed by atoms with Gasteiger partial charge in [-0.05, 0) is 6.92 Å². The van der Waals surface area contributed by atoms with Gasteiger partial charge in [-0.25, -0.2) is 0 Å². The van der Waals surface area contributed by atoms with Crippen LogP contribution < -0.4 is 5.32 Å². The van der Waals surface area contributed by atoms with E-state index in [0.29, 0.717) is 11.4 Å². The number of hydrogen-bond acceptors (Lipinski definition) is 4. The van der Waals surface area contributed by atoms with Crippen LogP contribution in [0.15, 0.2) is 41.3 Å². The summed E-state index contributed by atoms with van der Waals surface area (Å²) in [7, 11) is 0. The van der Waals surface area contributed by atoms with Crippen LogP contribution in [0.25, 0.3) is 0 Å². The lowest BCUT2D eigenvalue weighted by Crippen LogP contribution is -2.14. The van der Waals surface area contributed by atoms with Crippen LogP contribution in [0.2, 0.25) is 0 Å². The van der Waals surface area contributed by atoms with Crippen LogP contribution in [-0.2, 0) is 0 Å². The largest absolute Gasteiger partial charge is 0.449 e. The van der Waals surface area contributed by atoms with Gasteiger partial charge in [-0.2, -0.15) is 4.98 Å². The van der Waals surface area contributed by atoms with Crippen molar-refractivity contribution >= 4 is 11.6 Å². The maximum absolute atomic E-state index is 11.7. The van der Waals surface area contributed by atoms with Gasteiger partial charge in [0.2, 0.25) is 0 Å². The molecule has 2 rings (SSSR count). The number of ketones is 1. The summed E-state index contributed by atoms with van der Waals surface area (Å²) < 4.78 is 4.78. The van der Waals surface area contributed by atoms with E-state index >= 15 is 0 Å². The minimum absolute atomic E-state index is 0.0306. The predicted octanol–water partition coefficient (Wildman–Crippen LogP) is 2.28. The molecule has 0 saturated carbocycles. The first kappa shape index (κ1) is 10.4. The van der Waals surface area contributed by atoms with Crippen molar-refractivity contribution in [2.24, 2.45) is 0 Å². The summed E-state index contributed by atoms with van der Waals surface area (Å²) in [4.78, 5) is 15.6. The average molecular weight is 216 g/mol. The zero-order chi connectivity index (χ0) is 11.4. The average Bonchev–Trinajstić information content (AvgIpc) is 2.80. The molecule has 4 heteroatoms. The molecule has 1 aromatic carbocycles. The van der Waals surface area contributed by atoms with E-state index in [2.05, 4.69) is 10.3 Å². The van der Waals surface area contributed by atoms with Crippen LogP contribution >= 0.6 is 0 Å². The highest BCUT2D eigenvalue weighted by molar-refractivity contribution is 5.98. The molecule has 0 fully saturated rings. The van der Waals surface area contributed by atoms with Gasteiger partial charge in [0.1, 0.15) is 6.26 Å². The third kappa shape index (κ3) is 2.48. The molecule has 0 aliphatic rings. The van der Waals surface area contributed by atoms with Gasteiger partial charge in [0.05, 0.1) is 6.54 Å². The first-order valence-electron chi connectivity index (χ1n) is 4.97. The summed E-state index contributed by atoms with van der Waals surface area (Å²) in [6, 6.07) is 7.48. The van der Waals surface area contributed by atoms with Gasteiger partial charge in [0.15, 0.2) is 18.0 Å². The summed E-state index contributed by atoms with van der Waals surface area (Å²) in [5, 5.41) is 2.88. The smallest absolute Gasteiger partial charge is 0.182 e. The number of nitrogens with zero attached hydrogens (tertiary/aromatic N) is 1. The maximum atomic E-state index is 11.7. The number of oxazole rings is 1. The summed E-state index contributed by atoms with van der Waals surface area (Å²) in [6.07, 6.45) is 2.78. The van der Waals surface area contributed by atoms with Gasteiger partial charge in [-0.1, -0.05) is 29.8 Å². The number of anilines is 1. The first-order valence-corrected chi connectivity index (χ1v) is 4.97. The van der Waals surface area contributed by atoms with Crippen LogP contribution in [0, 0.1) is 6.92 Å². The highest BCUT2D eigenvalue weighted by Crippen LogP contribution is 2.05. The third-order valence-corrected chi connectivity index (χ3v) is 2.24. The van der Waals surface area contributed by atoms with E-state index in [-0.39, 0.29) is 12.3 Å². The van der Waals surface area contributed by atoms with Crippen molar-refractivity contribution in [3.8, 4) is 0 Å². The summed E-state index contributed by atoms with van der Waals surface area (Å²) in [5.41, 5.74) is 1.84. The van der Waals surface area contributed by atoms with Crippen molar-refractivity contribution in [1.82, 2.24) is 4.98 Å². The Hall–Kier alpha value is -2.10. The van der Waals surface area contributed by atoms with E-state index < -0.39 is 0 Å². The van der Waals surface area contributed by atoms with Crippen LogP contribution in [0.4, 0.5) is 5.82 Å². The summed E-state index contributed by atoms with van der Waals surface area (Å²) in [5.74, 6) is 0.600. The van der Waals surface area contributed by atoms with E-state index in [0.717, 1.165) is 5.56 Å². The Bertz CT molecular complexity index is 460. The zero-order valence-corrected chi connectivity index (χ0v) is 8.93. The number of benzene rings is 1. The van der Waals surface area contributed by atoms with E-state index in [4.69, 9.17) is 4.42 Å². The monoisotopic (exact) mass is 216 g/mol. The fourth-order valence-corrected chi connectivity index (χ4v) is 1.31. The minimum Gasteiger partial charge on any atom is -0.449 e. The molecule has 0 unspecified atom stereocenters. The molecule has 0 spiro atoms. The number of carbonyl (C=O) groups is 1. The fraction of sp³-hybridized carbons (Fsp3) is 0.167. The van der Waals surface area contributed by atoms with Crippen LogP contribution in [-0.4, -0.2) is 17.3 Å². The number of carbonyl (C=O) groups excluding carboxylic acids is 1. The Morgan fingerprint density at radius 2 is 2.12 bits per heavy atom. The number of rotatable bonds is 4. The number of hydrogen-bond donors (Lipinski definition) is 1. The lowest BCUT2D eigenvalue weighted by atomic mass is 10.1. The molecular formula is C12H12N2O2. The molecule has 1 heterocycles. The number of Topliss-reactive ketones (excluding diaryl/α,β-unsaturated/α-hetero) is 1. The Morgan fingerprint density at radius 3 is 2.75 bits per heavy atom. The normalized spacial score (nSPS) is 10.1. The molecule has 2 aromatic rings. The van der Waals surface area contributed by atoms with Crippen molar-refractivity contribution in [3.63, 3.8) is 0 Å². The van der Waals surface area contributed by atoms with Crippen molar-refractivity contribution in [1.29, 1.82) is 0 Å². The molecule has 1 N–H and O–H groups in total. The summed E-state index contributed by atoms with van der Waals surface area (Å²) >= 11 is 0. The maximum Gasteiger partial charge on any atom is 0.182 e. The second-order valence-electron chi connectivity index (χ2n) is 3.52. The van der Waals surface area contributed by atoms with E-state index in [1.54, 1.807) is 0 Å². The summed E-state index contributed by atoms with van der Waals surface area (Å²) in [6.45, 7) is 2.21. The van der Waals surface area contributed by atoms with E-state index in [1.165, 1.54) is 12.7 Å². The second kappa shape index (κ2) is 4.61. The van der Waals surface area contributed by atoms with Gasteiger partial charge in [0.25, 0.3) is 0 Å². The molecule has 0 bridgehead atoms. The van der Waals surface area contributed by atoms with E-state index in [1.807, 2.05) is 31.2 Å². The van der Waals surface area contributed by atoms with Gasteiger partial charge in [-0.3, -0.25) is 4.79 Å². The van der Waals surface area contributed by atoms with Crippen LogP contribution in [0.1, 0.15) is 15.9 Å². The van der Waals surface area contributed by atoms with Crippen LogP contribution in [0.3, 0.4) is 0 Å². The number of aryl methyl sites for hydroxylation is 1. The third-order valence-electron chi connectivity index (χ3n) is 2.24. The van der Waals surface area contributed by atoms with Gasteiger partial charge in [-0.15, -0.1) is 0 Å². The Kier molecular flexibility index (Phi) is 3.00. The molecular weight excluding hydrogens is 204 g/mol. The van der Waals surface area contributed by atoms with Crippen molar-refractivity contribution < 1.29 is 9.21 Å². The molecule has 1 aromatic heterocycles. The topological polar surface area (TPSA) is 55.1 Å². The predicted molar refractivity (Wildman–Crippen MR) is 60.5 cm³/mol. The van der Waals surface area contributed by atoms with Gasteiger partial charge >= 0.3 is 0 Å². The molecule has 0 aliphatic carbocycles. The lowest BCUT2D eigenvalue weighted by Gasteiger charge is -2.02. The fourth-order valence-electron chi connectivity index (χ4n) is 1.31. The van der Waals surface area contributed by atoms with Crippen molar-refractivity contribution in [2.45, 2.75) is 6.92 Å². The second-order valence-corrected chi connectivity index (χ2v) is 3.52. The Balaban J connectivity index is 1.95. The molecule has 0 radical (unpaired) electrons. The highest BCUT2D eigenvalue weighted by atomic mass is 16.3. The standard InChI is InChI=1S/C12H12N2O2/c1-9-2-4-10(5-3-9)11(15)6-13-12-7-16-8-14-12/h2-5,7-8,13H,6H2,1H3. The van der Waals surface area contributed by atoms with Gasteiger partial charge in [0, 0.05) is 5.56 Å². The molecule has 4 nitrogen and oxygen atoms in total. The lowest BCUT2D eigenvalue weighted by molar-refractivity contribution is 0.101. The van der Waals surface area contributed by atoms with Crippen molar-refractivity contribution in [3.05, 3.63) is 48.0 Å². The molecule has 0 atom stereocenters. The molecule has 0 amide bonds. The van der Waals surface area contributed by atoms with E-state index in [9.17, 15) is 4.79 Å². The zero-order valence-electron chi connectivity index (χ0n) is 8.93. The number of aromatic nitrogens is 1. The highest BCUT2D eigenvalue weighted by Gasteiger charge is 2.05. The molecule has 0 saturated heterocycles. The number of nitrogens with one attached hydrogen (secondary N) is 1. The molecule has 82 valence electrons. The molecule has 0 aliphatic heterocycles.